The van der Waals surface area contributed by atoms with Crippen LogP contribution in [0.3, 0.4) is 0 Å². The molecule has 0 saturated carbocycles. The lowest BCUT2D eigenvalue weighted by molar-refractivity contribution is 0.582. The molecule has 8 nitrogen and oxygen atoms in total. The first kappa shape index (κ1) is 19.0. The topological polar surface area (TPSA) is 102 Å². The number of hydrogen-bond acceptors (Lipinski definition) is 6. The summed E-state index contributed by atoms with van der Waals surface area (Å²) in [5.74, 6) is 1.31. The van der Waals surface area contributed by atoms with E-state index in [1.807, 2.05) is 31.4 Å². The van der Waals surface area contributed by atoms with Crippen LogP contribution in [0.25, 0.3) is 5.82 Å². The van der Waals surface area contributed by atoms with E-state index in [0.717, 1.165) is 17.0 Å². The number of rotatable bonds is 7. The van der Waals surface area contributed by atoms with Crippen LogP contribution in [0, 0.1) is 20.8 Å². The zero-order chi connectivity index (χ0) is 19.4. The fraction of sp³-hybridized carbons (Fsp3) is 0.278. The number of sulfonamides is 1. The summed E-state index contributed by atoms with van der Waals surface area (Å²) < 4.78 is 29.1. The molecule has 0 amide bonds. The average Bonchev–Trinajstić information content (AvgIpc) is 2.98. The van der Waals surface area contributed by atoms with Crippen molar-refractivity contribution in [3.05, 3.63) is 59.9 Å². The molecule has 0 aliphatic heterocycles. The van der Waals surface area contributed by atoms with Crippen LogP contribution in [0.4, 0.5) is 5.82 Å². The summed E-state index contributed by atoms with van der Waals surface area (Å²) in [5, 5.41) is 3.10. The van der Waals surface area contributed by atoms with Crippen molar-refractivity contribution in [1.29, 1.82) is 0 Å². The Bertz CT molecular complexity index is 1050. The predicted octanol–water partition coefficient (Wildman–Crippen LogP) is 1.98. The molecule has 3 aromatic rings. The van der Waals surface area contributed by atoms with Crippen LogP contribution in [-0.2, 0) is 10.0 Å². The van der Waals surface area contributed by atoms with Gasteiger partial charge in [0.25, 0.3) is 0 Å². The van der Waals surface area contributed by atoms with Crippen molar-refractivity contribution in [2.75, 3.05) is 18.4 Å². The van der Waals surface area contributed by atoms with Crippen molar-refractivity contribution < 1.29 is 8.42 Å². The Hall–Kier alpha value is -2.78. The van der Waals surface area contributed by atoms with Gasteiger partial charge in [-0.2, -0.15) is 0 Å². The van der Waals surface area contributed by atoms with Crippen LogP contribution >= 0.6 is 0 Å². The molecule has 0 aliphatic rings. The molecule has 1 aromatic carbocycles. The maximum atomic E-state index is 12.3. The predicted molar refractivity (Wildman–Crippen MR) is 103 cm³/mol. The second kappa shape index (κ2) is 7.85. The van der Waals surface area contributed by atoms with Crippen molar-refractivity contribution in [3.8, 4) is 5.82 Å². The monoisotopic (exact) mass is 386 g/mol. The molecule has 2 N–H and O–H groups in total. The van der Waals surface area contributed by atoms with E-state index in [9.17, 15) is 8.42 Å². The summed E-state index contributed by atoms with van der Waals surface area (Å²) in [6.07, 6.45) is 3.18. The van der Waals surface area contributed by atoms with E-state index in [0.29, 0.717) is 18.2 Å². The molecule has 142 valence electrons. The van der Waals surface area contributed by atoms with Crippen LogP contribution in [0.2, 0.25) is 0 Å². The Morgan fingerprint density at radius 3 is 2.56 bits per heavy atom. The van der Waals surface area contributed by atoms with Gasteiger partial charge >= 0.3 is 0 Å². The second-order valence-corrected chi connectivity index (χ2v) is 7.95. The average molecular weight is 386 g/mol. The van der Waals surface area contributed by atoms with Gasteiger partial charge in [-0.05, 0) is 38.5 Å². The standard InChI is InChI=1S/C18H22N6O2S/c1-13-5-4-6-16(9-13)27(25,26)23-8-7-19-17-10-18(21-11-20-17)24-12-22-14(2)15(24)3/h4-6,9-12,23H,7-8H2,1-3H3,(H,19,20,21). The molecule has 0 saturated heterocycles. The number of aromatic nitrogens is 4. The summed E-state index contributed by atoms with van der Waals surface area (Å²) in [7, 11) is -3.53. The van der Waals surface area contributed by atoms with Crippen molar-refractivity contribution >= 4 is 15.8 Å². The number of nitrogens with one attached hydrogen (secondary N) is 2. The molecule has 2 aromatic heterocycles. The van der Waals surface area contributed by atoms with Gasteiger partial charge in [0.2, 0.25) is 10.0 Å². The minimum atomic E-state index is -3.53. The Kier molecular flexibility index (Phi) is 5.52. The lowest BCUT2D eigenvalue weighted by Gasteiger charge is -2.10. The molecular formula is C18H22N6O2S. The molecule has 0 aliphatic carbocycles. The Labute approximate surface area is 158 Å². The van der Waals surface area contributed by atoms with E-state index in [1.165, 1.54) is 6.33 Å². The number of anilines is 1. The van der Waals surface area contributed by atoms with Crippen molar-refractivity contribution in [2.24, 2.45) is 0 Å². The highest BCUT2D eigenvalue weighted by Gasteiger charge is 2.13. The fourth-order valence-electron chi connectivity index (χ4n) is 2.55. The second-order valence-electron chi connectivity index (χ2n) is 6.19. The van der Waals surface area contributed by atoms with E-state index >= 15 is 0 Å². The third-order valence-corrected chi connectivity index (χ3v) is 5.63. The molecular weight excluding hydrogens is 364 g/mol. The van der Waals surface area contributed by atoms with Crippen LogP contribution in [-0.4, -0.2) is 41.0 Å². The Morgan fingerprint density at radius 2 is 1.85 bits per heavy atom. The van der Waals surface area contributed by atoms with Gasteiger partial charge in [-0.15, -0.1) is 0 Å². The van der Waals surface area contributed by atoms with Gasteiger partial charge in [0.1, 0.15) is 24.3 Å². The van der Waals surface area contributed by atoms with E-state index in [2.05, 4.69) is 25.0 Å². The number of benzene rings is 1. The van der Waals surface area contributed by atoms with Gasteiger partial charge in [-0.25, -0.2) is 28.1 Å². The smallest absolute Gasteiger partial charge is 0.240 e. The van der Waals surface area contributed by atoms with Gasteiger partial charge in [0, 0.05) is 24.8 Å². The third kappa shape index (κ3) is 4.50. The van der Waals surface area contributed by atoms with Crippen LogP contribution < -0.4 is 10.0 Å². The maximum Gasteiger partial charge on any atom is 0.240 e. The van der Waals surface area contributed by atoms with E-state index in [1.54, 1.807) is 30.6 Å². The third-order valence-electron chi connectivity index (χ3n) is 4.17. The summed E-state index contributed by atoms with van der Waals surface area (Å²) in [6.45, 7) is 6.39. The summed E-state index contributed by atoms with van der Waals surface area (Å²) >= 11 is 0. The van der Waals surface area contributed by atoms with Gasteiger partial charge in [-0.1, -0.05) is 12.1 Å². The minimum Gasteiger partial charge on any atom is -0.369 e. The fourth-order valence-corrected chi connectivity index (χ4v) is 3.68. The molecule has 0 radical (unpaired) electrons. The van der Waals surface area contributed by atoms with Crippen molar-refractivity contribution in [3.63, 3.8) is 0 Å². The maximum absolute atomic E-state index is 12.3. The van der Waals surface area contributed by atoms with Crippen LogP contribution in [0.5, 0.6) is 0 Å². The van der Waals surface area contributed by atoms with Crippen molar-refractivity contribution in [1.82, 2.24) is 24.2 Å². The van der Waals surface area contributed by atoms with Gasteiger partial charge in [0.05, 0.1) is 10.6 Å². The van der Waals surface area contributed by atoms with Crippen LogP contribution in [0.15, 0.2) is 47.9 Å². The molecule has 0 fully saturated rings. The highest BCUT2D eigenvalue weighted by molar-refractivity contribution is 7.89. The first-order valence-corrected chi connectivity index (χ1v) is 9.98. The Balaban J connectivity index is 1.60. The molecule has 0 spiro atoms. The number of imidazole rings is 1. The molecule has 0 atom stereocenters. The molecule has 3 rings (SSSR count). The number of hydrogen-bond donors (Lipinski definition) is 2. The molecule has 27 heavy (non-hydrogen) atoms. The number of nitrogens with zero attached hydrogens (tertiary/aromatic N) is 4. The molecule has 0 bridgehead atoms. The number of aryl methyl sites for hydroxylation is 2. The molecule has 0 unspecified atom stereocenters. The first-order chi connectivity index (χ1) is 12.9. The normalized spacial score (nSPS) is 11.5. The lowest BCUT2D eigenvalue weighted by Crippen LogP contribution is -2.29. The lowest BCUT2D eigenvalue weighted by atomic mass is 10.2. The van der Waals surface area contributed by atoms with Crippen molar-refractivity contribution in [2.45, 2.75) is 25.7 Å². The largest absolute Gasteiger partial charge is 0.369 e. The zero-order valence-electron chi connectivity index (χ0n) is 15.5. The zero-order valence-corrected chi connectivity index (χ0v) is 16.3. The van der Waals surface area contributed by atoms with Gasteiger partial charge in [0.15, 0.2) is 0 Å². The van der Waals surface area contributed by atoms with E-state index in [4.69, 9.17) is 0 Å². The van der Waals surface area contributed by atoms with E-state index < -0.39 is 10.0 Å². The van der Waals surface area contributed by atoms with Gasteiger partial charge < -0.3 is 5.32 Å². The summed E-state index contributed by atoms with van der Waals surface area (Å²) in [6, 6.07) is 8.60. The SMILES string of the molecule is Cc1cccc(S(=O)(=O)NCCNc2cc(-n3cnc(C)c3C)ncn2)c1. The summed E-state index contributed by atoms with van der Waals surface area (Å²) in [5.41, 5.74) is 2.84. The highest BCUT2D eigenvalue weighted by Crippen LogP contribution is 2.14. The summed E-state index contributed by atoms with van der Waals surface area (Å²) in [4.78, 5) is 13.0. The molecule has 9 heteroatoms. The minimum absolute atomic E-state index is 0.235. The quantitative estimate of drug-likeness (QED) is 0.602. The Morgan fingerprint density at radius 1 is 1.04 bits per heavy atom. The first-order valence-electron chi connectivity index (χ1n) is 8.50. The highest BCUT2D eigenvalue weighted by atomic mass is 32.2. The molecule has 2 heterocycles. The van der Waals surface area contributed by atoms with Crippen LogP contribution in [0.1, 0.15) is 17.0 Å². The van der Waals surface area contributed by atoms with E-state index in [-0.39, 0.29) is 11.4 Å². The van der Waals surface area contributed by atoms with Gasteiger partial charge in [-0.3, -0.25) is 4.57 Å².